The molecule has 0 radical (unpaired) electrons. The van der Waals surface area contributed by atoms with Gasteiger partial charge in [0.05, 0.1) is 6.61 Å². The summed E-state index contributed by atoms with van der Waals surface area (Å²) < 4.78 is 10.5. The molecule has 0 unspecified atom stereocenters. The number of rotatable bonds is 6. The van der Waals surface area contributed by atoms with Crippen molar-refractivity contribution in [1.29, 1.82) is 0 Å². The minimum atomic E-state index is -1.03. The number of benzene rings is 1. The van der Waals surface area contributed by atoms with E-state index in [9.17, 15) is 9.59 Å². The molecule has 0 saturated heterocycles. The van der Waals surface area contributed by atoms with Crippen LogP contribution in [0.15, 0.2) is 24.3 Å². The zero-order valence-corrected chi connectivity index (χ0v) is 10.9. The maximum absolute atomic E-state index is 11.6. The van der Waals surface area contributed by atoms with Gasteiger partial charge in [-0.3, -0.25) is 0 Å². The molecule has 18 heavy (non-hydrogen) atoms. The Morgan fingerprint density at radius 1 is 1.28 bits per heavy atom. The van der Waals surface area contributed by atoms with Gasteiger partial charge in [-0.05, 0) is 38.5 Å². The zero-order valence-electron chi connectivity index (χ0n) is 10.9. The summed E-state index contributed by atoms with van der Waals surface area (Å²) in [7, 11) is 0. The summed E-state index contributed by atoms with van der Waals surface area (Å²) in [6.07, 6.45) is 1.22. The quantitative estimate of drug-likeness (QED) is 0.573. The van der Waals surface area contributed by atoms with Gasteiger partial charge in [0, 0.05) is 6.42 Å². The van der Waals surface area contributed by atoms with Crippen LogP contribution in [0.3, 0.4) is 0 Å². The lowest BCUT2D eigenvalue weighted by Crippen LogP contribution is -2.39. The number of hydrogen-bond acceptors (Lipinski definition) is 4. The Hall–Kier alpha value is -1.84. The van der Waals surface area contributed by atoms with Crippen LogP contribution in [0.5, 0.6) is 5.75 Å². The minimum absolute atomic E-state index is 0.323. The van der Waals surface area contributed by atoms with Crippen LogP contribution in [0.4, 0.5) is 0 Å². The van der Waals surface area contributed by atoms with Gasteiger partial charge in [-0.2, -0.15) is 0 Å². The highest BCUT2D eigenvalue weighted by Crippen LogP contribution is 2.20. The number of ether oxygens (including phenoxy) is 2. The Bertz CT molecular complexity index is 406. The molecule has 0 atom stereocenters. The van der Waals surface area contributed by atoms with Crippen LogP contribution in [-0.4, -0.2) is 24.5 Å². The van der Waals surface area contributed by atoms with E-state index in [1.807, 2.05) is 0 Å². The predicted octanol–water partition coefficient (Wildman–Crippen LogP) is 2.15. The highest BCUT2D eigenvalue weighted by Gasteiger charge is 2.31. The second-order valence-corrected chi connectivity index (χ2v) is 4.35. The molecule has 0 fully saturated rings. The summed E-state index contributed by atoms with van der Waals surface area (Å²) in [5, 5.41) is 0. The van der Waals surface area contributed by atoms with Crippen LogP contribution >= 0.6 is 0 Å². The average molecular weight is 250 g/mol. The molecular formula is C14H18O4. The molecule has 1 aromatic rings. The minimum Gasteiger partial charge on any atom is -0.476 e. The number of carbonyl (C=O) groups excluding carboxylic acids is 2. The van der Waals surface area contributed by atoms with E-state index in [1.165, 1.54) is 0 Å². The summed E-state index contributed by atoms with van der Waals surface area (Å²) >= 11 is 0. The standard InChI is InChI=1S/C14H18O4/c1-4-17-13(16)14(2,3)18-12-7-5-11(6-8-12)9-10-15/h5-8,10H,4,9H2,1-3H3. The first kappa shape index (κ1) is 14.2. The number of hydrogen-bond donors (Lipinski definition) is 0. The summed E-state index contributed by atoms with van der Waals surface area (Å²) in [6.45, 7) is 5.39. The molecule has 0 aliphatic carbocycles. The van der Waals surface area contributed by atoms with Gasteiger partial charge in [0.2, 0.25) is 0 Å². The van der Waals surface area contributed by atoms with Crippen molar-refractivity contribution >= 4 is 12.3 Å². The van der Waals surface area contributed by atoms with E-state index in [1.54, 1.807) is 45.0 Å². The Labute approximate surface area is 107 Å². The first-order valence-electron chi connectivity index (χ1n) is 5.88. The molecular weight excluding hydrogens is 232 g/mol. The van der Waals surface area contributed by atoms with E-state index in [4.69, 9.17) is 9.47 Å². The predicted molar refractivity (Wildman–Crippen MR) is 67.6 cm³/mol. The van der Waals surface area contributed by atoms with Gasteiger partial charge < -0.3 is 14.3 Å². The monoisotopic (exact) mass is 250 g/mol. The molecule has 0 aliphatic rings. The molecule has 1 rings (SSSR count). The Morgan fingerprint density at radius 3 is 2.39 bits per heavy atom. The third kappa shape index (κ3) is 3.87. The second-order valence-electron chi connectivity index (χ2n) is 4.35. The van der Waals surface area contributed by atoms with Gasteiger partial charge in [-0.25, -0.2) is 4.79 Å². The molecule has 0 bridgehead atoms. The van der Waals surface area contributed by atoms with Gasteiger partial charge in [-0.15, -0.1) is 0 Å². The molecule has 4 nitrogen and oxygen atoms in total. The van der Waals surface area contributed by atoms with Crippen molar-refractivity contribution in [3.05, 3.63) is 29.8 Å². The normalized spacial score (nSPS) is 10.8. The topological polar surface area (TPSA) is 52.6 Å². The van der Waals surface area contributed by atoms with Crippen molar-refractivity contribution < 1.29 is 19.1 Å². The van der Waals surface area contributed by atoms with Crippen molar-refractivity contribution in [2.75, 3.05) is 6.61 Å². The van der Waals surface area contributed by atoms with Gasteiger partial charge in [0.1, 0.15) is 12.0 Å². The van der Waals surface area contributed by atoms with Crippen molar-refractivity contribution in [3.8, 4) is 5.75 Å². The van der Waals surface area contributed by atoms with Crippen molar-refractivity contribution in [1.82, 2.24) is 0 Å². The van der Waals surface area contributed by atoms with Crippen molar-refractivity contribution in [3.63, 3.8) is 0 Å². The molecule has 0 heterocycles. The molecule has 0 spiro atoms. The summed E-state index contributed by atoms with van der Waals surface area (Å²) in [5.74, 6) is 0.171. The Kier molecular flexibility index (Phi) is 4.89. The fourth-order valence-corrected chi connectivity index (χ4v) is 1.43. The third-order valence-corrected chi connectivity index (χ3v) is 2.38. The van der Waals surface area contributed by atoms with Crippen molar-refractivity contribution in [2.24, 2.45) is 0 Å². The van der Waals surface area contributed by atoms with Crippen LogP contribution in [0.25, 0.3) is 0 Å². The fraction of sp³-hybridized carbons (Fsp3) is 0.429. The molecule has 98 valence electrons. The van der Waals surface area contributed by atoms with Crippen LogP contribution in [0.2, 0.25) is 0 Å². The molecule has 0 amide bonds. The number of aldehydes is 1. The van der Waals surface area contributed by atoms with Crippen LogP contribution in [0.1, 0.15) is 26.3 Å². The SMILES string of the molecule is CCOC(=O)C(C)(C)Oc1ccc(CC=O)cc1. The van der Waals surface area contributed by atoms with Crippen LogP contribution in [0, 0.1) is 0 Å². The molecule has 0 saturated carbocycles. The van der Waals surface area contributed by atoms with Crippen molar-refractivity contribution in [2.45, 2.75) is 32.8 Å². The smallest absolute Gasteiger partial charge is 0.349 e. The maximum atomic E-state index is 11.6. The average Bonchev–Trinajstić information content (AvgIpc) is 2.32. The number of esters is 1. The van der Waals surface area contributed by atoms with E-state index >= 15 is 0 Å². The van der Waals surface area contributed by atoms with E-state index in [2.05, 4.69) is 0 Å². The molecule has 0 aromatic heterocycles. The highest BCUT2D eigenvalue weighted by molar-refractivity contribution is 5.79. The van der Waals surface area contributed by atoms with Gasteiger partial charge in [0.25, 0.3) is 0 Å². The lowest BCUT2D eigenvalue weighted by molar-refractivity contribution is -0.158. The van der Waals surface area contributed by atoms with Gasteiger partial charge in [0.15, 0.2) is 5.60 Å². The van der Waals surface area contributed by atoms with E-state index in [0.29, 0.717) is 18.8 Å². The lowest BCUT2D eigenvalue weighted by atomic mass is 10.1. The van der Waals surface area contributed by atoms with E-state index < -0.39 is 11.6 Å². The van der Waals surface area contributed by atoms with Gasteiger partial charge in [-0.1, -0.05) is 12.1 Å². The molecule has 4 heteroatoms. The molecule has 1 aromatic carbocycles. The summed E-state index contributed by atoms with van der Waals surface area (Å²) in [6, 6.07) is 7.07. The molecule has 0 N–H and O–H groups in total. The summed E-state index contributed by atoms with van der Waals surface area (Å²) in [5.41, 5.74) is -0.117. The highest BCUT2D eigenvalue weighted by atomic mass is 16.6. The summed E-state index contributed by atoms with van der Waals surface area (Å²) in [4.78, 5) is 22.0. The van der Waals surface area contributed by atoms with E-state index in [0.717, 1.165) is 11.8 Å². The Balaban J connectivity index is 2.71. The largest absolute Gasteiger partial charge is 0.476 e. The first-order valence-corrected chi connectivity index (χ1v) is 5.88. The van der Waals surface area contributed by atoms with E-state index in [-0.39, 0.29) is 0 Å². The van der Waals surface area contributed by atoms with Crippen LogP contribution < -0.4 is 4.74 Å². The van der Waals surface area contributed by atoms with Crippen LogP contribution in [-0.2, 0) is 20.7 Å². The Morgan fingerprint density at radius 2 is 1.89 bits per heavy atom. The third-order valence-electron chi connectivity index (χ3n) is 2.38. The fourth-order valence-electron chi connectivity index (χ4n) is 1.43. The first-order chi connectivity index (χ1) is 8.49. The lowest BCUT2D eigenvalue weighted by Gasteiger charge is -2.24. The number of carbonyl (C=O) groups is 2. The maximum Gasteiger partial charge on any atom is 0.349 e. The second kappa shape index (κ2) is 6.19. The zero-order chi connectivity index (χ0) is 13.6. The van der Waals surface area contributed by atoms with Gasteiger partial charge >= 0.3 is 5.97 Å². The molecule has 0 aliphatic heterocycles.